The van der Waals surface area contributed by atoms with Crippen LogP contribution in [0.1, 0.15) is 21.8 Å². The summed E-state index contributed by atoms with van der Waals surface area (Å²) in [6.07, 6.45) is 7.26. The molecule has 1 amide bonds. The summed E-state index contributed by atoms with van der Waals surface area (Å²) in [5.74, 6) is 0.585. The van der Waals surface area contributed by atoms with Gasteiger partial charge in [0.2, 0.25) is 0 Å². The number of para-hydroxylation sites is 1. The summed E-state index contributed by atoms with van der Waals surface area (Å²) in [6, 6.07) is 9.42. The lowest BCUT2D eigenvalue weighted by molar-refractivity contribution is 0.0924. The molecular formula is C20H15N5O2S2. The van der Waals surface area contributed by atoms with E-state index in [4.69, 9.17) is 4.42 Å². The van der Waals surface area contributed by atoms with E-state index in [0.717, 1.165) is 21.6 Å². The smallest absolute Gasteiger partial charge is 0.287 e. The first-order chi connectivity index (χ1) is 14.3. The van der Waals surface area contributed by atoms with Gasteiger partial charge in [0.05, 0.1) is 12.2 Å². The van der Waals surface area contributed by atoms with Crippen molar-refractivity contribution in [2.45, 2.75) is 17.5 Å². The predicted octanol–water partition coefficient (Wildman–Crippen LogP) is 4.15. The normalized spacial score (nSPS) is 11.3. The van der Waals surface area contributed by atoms with Crippen LogP contribution in [-0.2, 0) is 12.3 Å². The summed E-state index contributed by atoms with van der Waals surface area (Å²) in [5.41, 5.74) is 2.32. The molecule has 0 aliphatic heterocycles. The lowest BCUT2D eigenvalue weighted by Gasteiger charge is -2.04. The number of rotatable bonds is 6. The van der Waals surface area contributed by atoms with Gasteiger partial charge in [-0.05, 0) is 12.1 Å². The van der Waals surface area contributed by atoms with Gasteiger partial charge in [-0.2, -0.15) is 0 Å². The molecule has 29 heavy (non-hydrogen) atoms. The number of thioether (sulfide) groups is 1. The monoisotopic (exact) mass is 421 g/mol. The molecule has 0 aliphatic carbocycles. The quantitative estimate of drug-likeness (QED) is 0.327. The Balaban J connectivity index is 1.38. The Morgan fingerprint density at radius 1 is 1.21 bits per heavy atom. The fourth-order valence-electron chi connectivity index (χ4n) is 3.03. The SMILES string of the molecule is O=C(NCc1cn2ccsc2n1)c1oc2ccccc2c1CSc1ncccn1. The average Bonchev–Trinajstić information content (AvgIpc) is 3.44. The number of fused-ring (bicyclic) bond motifs is 2. The zero-order valence-corrected chi connectivity index (χ0v) is 16.7. The molecule has 0 radical (unpaired) electrons. The third-order valence-corrected chi connectivity index (χ3v) is 6.04. The molecule has 0 unspecified atom stereocenters. The molecule has 0 fully saturated rings. The first-order valence-electron chi connectivity index (χ1n) is 8.87. The Morgan fingerprint density at radius 2 is 2.07 bits per heavy atom. The zero-order valence-electron chi connectivity index (χ0n) is 15.1. The topological polar surface area (TPSA) is 85.3 Å². The molecule has 1 N–H and O–H groups in total. The van der Waals surface area contributed by atoms with Gasteiger partial charge < -0.3 is 9.73 Å². The highest BCUT2D eigenvalue weighted by molar-refractivity contribution is 7.98. The van der Waals surface area contributed by atoms with E-state index in [0.29, 0.717) is 28.8 Å². The van der Waals surface area contributed by atoms with Crippen molar-refractivity contribution in [2.24, 2.45) is 0 Å². The van der Waals surface area contributed by atoms with Gasteiger partial charge in [-0.3, -0.25) is 9.20 Å². The second kappa shape index (κ2) is 7.69. The maximum atomic E-state index is 12.9. The summed E-state index contributed by atoms with van der Waals surface area (Å²) >= 11 is 3.02. The number of hydrogen-bond acceptors (Lipinski definition) is 7. The second-order valence-electron chi connectivity index (χ2n) is 6.23. The number of amides is 1. The van der Waals surface area contributed by atoms with Crippen LogP contribution in [0, 0.1) is 0 Å². The predicted molar refractivity (Wildman–Crippen MR) is 112 cm³/mol. The molecule has 144 valence electrons. The number of benzene rings is 1. The zero-order chi connectivity index (χ0) is 19.6. The largest absolute Gasteiger partial charge is 0.451 e. The molecule has 9 heteroatoms. The maximum absolute atomic E-state index is 12.9. The summed E-state index contributed by atoms with van der Waals surface area (Å²) in [5, 5.41) is 6.47. The highest BCUT2D eigenvalue weighted by Gasteiger charge is 2.21. The van der Waals surface area contributed by atoms with E-state index in [1.54, 1.807) is 29.8 Å². The molecular weight excluding hydrogens is 406 g/mol. The summed E-state index contributed by atoms with van der Waals surface area (Å²) in [7, 11) is 0. The summed E-state index contributed by atoms with van der Waals surface area (Å²) in [4.78, 5) is 26.8. The molecule has 0 atom stereocenters. The lowest BCUT2D eigenvalue weighted by Crippen LogP contribution is -2.23. The first-order valence-corrected chi connectivity index (χ1v) is 10.7. The Kier molecular flexibility index (Phi) is 4.74. The van der Waals surface area contributed by atoms with Crippen molar-refractivity contribution in [3.63, 3.8) is 0 Å². The molecule has 4 heterocycles. The maximum Gasteiger partial charge on any atom is 0.287 e. The number of nitrogens with one attached hydrogen (secondary N) is 1. The summed E-state index contributed by atoms with van der Waals surface area (Å²) in [6.45, 7) is 0.332. The highest BCUT2D eigenvalue weighted by Crippen LogP contribution is 2.31. The Morgan fingerprint density at radius 3 is 2.93 bits per heavy atom. The number of aromatic nitrogens is 4. The van der Waals surface area contributed by atoms with Gasteiger partial charge in [-0.25, -0.2) is 15.0 Å². The molecule has 0 saturated carbocycles. The average molecular weight is 422 g/mol. The van der Waals surface area contributed by atoms with Crippen molar-refractivity contribution in [3.8, 4) is 0 Å². The van der Waals surface area contributed by atoms with Crippen LogP contribution < -0.4 is 5.32 Å². The van der Waals surface area contributed by atoms with E-state index < -0.39 is 0 Å². The van der Waals surface area contributed by atoms with Crippen LogP contribution in [0.4, 0.5) is 0 Å². The number of carbonyl (C=O) groups excluding carboxylic acids is 1. The minimum Gasteiger partial charge on any atom is -0.451 e. The molecule has 0 bridgehead atoms. The van der Waals surface area contributed by atoms with Crippen molar-refractivity contribution in [2.75, 3.05) is 0 Å². The van der Waals surface area contributed by atoms with Crippen molar-refractivity contribution >= 4 is 44.9 Å². The van der Waals surface area contributed by atoms with Crippen LogP contribution in [0.25, 0.3) is 15.9 Å². The number of hydrogen-bond donors (Lipinski definition) is 1. The van der Waals surface area contributed by atoms with Gasteiger partial charge in [-0.15, -0.1) is 11.3 Å². The van der Waals surface area contributed by atoms with Crippen LogP contribution in [0.2, 0.25) is 0 Å². The summed E-state index contributed by atoms with van der Waals surface area (Å²) < 4.78 is 7.83. The van der Waals surface area contributed by atoms with Crippen molar-refractivity contribution in [3.05, 3.63) is 77.5 Å². The van der Waals surface area contributed by atoms with E-state index >= 15 is 0 Å². The van der Waals surface area contributed by atoms with E-state index in [1.165, 1.54) is 11.8 Å². The minimum absolute atomic E-state index is 0.262. The Labute approximate surface area is 173 Å². The Hall–Kier alpha value is -3.17. The molecule has 7 nitrogen and oxygen atoms in total. The van der Waals surface area contributed by atoms with Gasteiger partial charge in [0.15, 0.2) is 15.9 Å². The van der Waals surface area contributed by atoms with Crippen molar-refractivity contribution in [1.82, 2.24) is 24.7 Å². The third kappa shape index (κ3) is 3.62. The van der Waals surface area contributed by atoms with Gasteiger partial charge in [0, 0.05) is 46.9 Å². The van der Waals surface area contributed by atoms with Crippen LogP contribution >= 0.6 is 23.1 Å². The molecule has 4 aromatic heterocycles. The lowest BCUT2D eigenvalue weighted by atomic mass is 10.1. The van der Waals surface area contributed by atoms with Crippen molar-refractivity contribution < 1.29 is 9.21 Å². The van der Waals surface area contributed by atoms with Gasteiger partial charge in [0.25, 0.3) is 5.91 Å². The standard InChI is InChI=1S/C20H15N5O2S2/c26-18(23-10-13-11-25-8-9-28-20(25)24-13)17-15(12-29-19-21-6-3-7-22-19)14-4-1-2-5-16(14)27-17/h1-9,11H,10,12H2,(H,23,26). The molecule has 1 aromatic carbocycles. The first kappa shape index (κ1) is 17.9. The fourth-order valence-corrected chi connectivity index (χ4v) is 4.58. The van der Waals surface area contributed by atoms with Gasteiger partial charge in [0.1, 0.15) is 5.58 Å². The highest BCUT2D eigenvalue weighted by atomic mass is 32.2. The molecule has 5 rings (SSSR count). The van der Waals surface area contributed by atoms with E-state index in [2.05, 4.69) is 20.3 Å². The molecule has 0 aliphatic rings. The van der Waals surface area contributed by atoms with Gasteiger partial charge >= 0.3 is 0 Å². The number of thiazole rings is 1. The molecule has 0 spiro atoms. The number of imidazole rings is 1. The van der Waals surface area contributed by atoms with E-state index in [9.17, 15) is 4.79 Å². The molecule has 0 saturated heterocycles. The van der Waals surface area contributed by atoms with Crippen LogP contribution in [0.5, 0.6) is 0 Å². The number of carbonyl (C=O) groups is 1. The van der Waals surface area contributed by atoms with Gasteiger partial charge in [-0.1, -0.05) is 30.0 Å². The number of nitrogens with zero attached hydrogens (tertiary/aromatic N) is 4. The van der Waals surface area contributed by atoms with Crippen LogP contribution in [0.15, 0.2) is 70.1 Å². The second-order valence-corrected chi connectivity index (χ2v) is 8.05. The van der Waals surface area contributed by atoms with Crippen LogP contribution in [0.3, 0.4) is 0 Å². The molecule has 5 aromatic rings. The van der Waals surface area contributed by atoms with Crippen LogP contribution in [-0.4, -0.2) is 25.3 Å². The van der Waals surface area contributed by atoms with E-state index in [-0.39, 0.29) is 5.91 Å². The van der Waals surface area contributed by atoms with Crippen molar-refractivity contribution in [1.29, 1.82) is 0 Å². The Bertz CT molecular complexity index is 1260. The van der Waals surface area contributed by atoms with E-state index in [1.807, 2.05) is 46.4 Å². The minimum atomic E-state index is -0.262. The fraction of sp³-hybridized carbons (Fsp3) is 0.100. The third-order valence-electron chi connectivity index (χ3n) is 4.37. The number of furan rings is 1.